The summed E-state index contributed by atoms with van der Waals surface area (Å²) in [7, 11) is 0. The number of rotatable bonds is 7. The molecule has 0 bridgehead atoms. The monoisotopic (exact) mass is 264 g/mol. The van der Waals surface area contributed by atoms with E-state index in [-0.39, 0.29) is 12.1 Å². The van der Waals surface area contributed by atoms with Gasteiger partial charge < -0.3 is 10.5 Å². The van der Waals surface area contributed by atoms with E-state index < -0.39 is 0 Å². The zero-order valence-corrected chi connectivity index (χ0v) is 12.1. The summed E-state index contributed by atoms with van der Waals surface area (Å²) in [5.74, 6) is -0.168. The van der Waals surface area contributed by atoms with Gasteiger partial charge in [0.25, 0.3) is 0 Å². The molecule has 0 unspecified atom stereocenters. The number of anilines is 1. The van der Waals surface area contributed by atoms with Crippen LogP contribution < -0.4 is 5.73 Å². The van der Waals surface area contributed by atoms with E-state index in [9.17, 15) is 4.79 Å². The van der Waals surface area contributed by atoms with Crippen LogP contribution in [0.3, 0.4) is 0 Å². The van der Waals surface area contributed by atoms with Crippen LogP contribution in [-0.4, -0.2) is 30.1 Å². The van der Waals surface area contributed by atoms with Crippen molar-refractivity contribution in [3.8, 4) is 0 Å². The highest BCUT2D eigenvalue weighted by Crippen LogP contribution is 2.09. The van der Waals surface area contributed by atoms with Crippen LogP contribution >= 0.6 is 0 Å². The second-order valence-corrected chi connectivity index (χ2v) is 4.99. The minimum atomic E-state index is -0.168. The van der Waals surface area contributed by atoms with Crippen LogP contribution in [0, 0.1) is 0 Å². The molecule has 0 aromatic heterocycles. The third kappa shape index (κ3) is 6.25. The normalized spacial score (nSPS) is 11.0. The summed E-state index contributed by atoms with van der Waals surface area (Å²) < 4.78 is 5.18. The highest BCUT2D eigenvalue weighted by atomic mass is 16.5. The first-order valence-electron chi connectivity index (χ1n) is 6.77. The smallest absolute Gasteiger partial charge is 0.320 e. The Morgan fingerprint density at radius 3 is 2.47 bits per heavy atom. The highest BCUT2D eigenvalue weighted by Gasteiger charge is 2.12. The minimum Gasteiger partial charge on any atom is -0.462 e. The Morgan fingerprint density at radius 1 is 1.32 bits per heavy atom. The van der Waals surface area contributed by atoms with E-state index in [0.29, 0.717) is 6.54 Å². The van der Waals surface area contributed by atoms with Crippen LogP contribution in [0.4, 0.5) is 5.69 Å². The summed E-state index contributed by atoms with van der Waals surface area (Å²) >= 11 is 0. The summed E-state index contributed by atoms with van der Waals surface area (Å²) in [6.07, 6.45) is 0.941. The molecule has 1 aromatic rings. The average molecular weight is 264 g/mol. The zero-order chi connectivity index (χ0) is 14.3. The lowest BCUT2D eigenvalue weighted by molar-refractivity contribution is -0.148. The Bertz CT molecular complexity index is 388. The molecule has 0 aliphatic carbocycles. The maximum absolute atomic E-state index is 11.7. The van der Waals surface area contributed by atoms with Gasteiger partial charge in [0.2, 0.25) is 0 Å². The standard InChI is InChI=1S/C15H24N2O2/c1-4-9-17(11-15(18)19-12(2)3)10-13-5-7-14(16)8-6-13/h5-8,12H,4,9-11,16H2,1-3H3. The van der Waals surface area contributed by atoms with Crippen molar-refractivity contribution in [2.24, 2.45) is 0 Å². The van der Waals surface area contributed by atoms with Crippen LogP contribution in [0.25, 0.3) is 0 Å². The number of ether oxygens (including phenoxy) is 1. The van der Waals surface area contributed by atoms with Crippen LogP contribution in [0.1, 0.15) is 32.8 Å². The minimum absolute atomic E-state index is 0.0625. The number of benzene rings is 1. The lowest BCUT2D eigenvalue weighted by atomic mass is 10.2. The van der Waals surface area contributed by atoms with Gasteiger partial charge in [0.05, 0.1) is 12.6 Å². The molecule has 4 heteroatoms. The van der Waals surface area contributed by atoms with Gasteiger partial charge >= 0.3 is 5.97 Å². The molecule has 0 fully saturated rings. The van der Waals surface area contributed by atoms with Crippen LogP contribution in [-0.2, 0) is 16.1 Å². The van der Waals surface area contributed by atoms with E-state index in [0.717, 1.165) is 30.8 Å². The van der Waals surface area contributed by atoms with Gasteiger partial charge in [0, 0.05) is 12.2 Å². The van der Waals surface area contributed by atoms with Gasteiger partial charge in [-0.05, 0) is 44.5 Å². The number of hydrogen-bond donors (Lipinski definition) is 1. The molecule has 19 heavy (non-hydrogen) atoms. The number of carbonyl (C=O) groups excluding carboxylic acids is 1. The van der Waals surface area contributed by atoms with Gasteiger partial charge in [-0.3, -0.25) is 9.69 Å². The van der Waals surface area contributed by atoms with E-state index in [4.69, 9.17) is 10.5 Å². The molecule has 0 aliphatic heterocycles. The SMILES string of the molecule is CCCN(CC(=O)OC(C)C)Cc1ccc(N)cc1. The Kier molecular flexibility index (Phi) is 6.36. The van der Waals surface area contributed by atoms with Crippen molar-refractivity contribution < 1.29 is 9.53 Å². The second-order valence-electron chi connectivity index (χ2n) is 4.99. The maximum atomic E-state index is 11.7. The Morgan fingerprint density at radius 2 is 1.95 bits per heavy atom. The van der Waals surface area contributed by atoms with E-state index in [1.165, 1.54) is 0 Å². The molecule has 0 amide bonds. The molecular weight excluding hydrogens is 240 g/mol. The van der Waals surface area contributed by atoms with E-state index in [1.54, 1.807) is 0 Å². The first kappa shape index (κ1) is 15.5. The molecule has 1 aromatic carbocycles. The first-order valence-corrected chi connectivity index (χ1v) is 6.77. The molecule has 0 spiro atoms. The van der Waals surface area contributed by atoms with Crippen molar-refractivity contribution in [3.05, 3.63) is 29.8 Å². The fraction of sp³-hybridized carbons (Fsp3) is 0.533. The van der Waals surface area contributed by atoms with Crippen molar-refractivity contribution in [2.75, 3.05) is 18.8 Å². The summed E-state index contributed by atoms with van der Waals surface area (Å²) in [5, 5.41) is 0. The van der Waals surface area contributed by atoms with E-state index in [1.807, 2.05) is 38.1 Å². The number of nitrogens with zero attached hydrogens (tertiary/aromatic N) is 1. The number of nitrogens with two attached hydrogens (primary N) is 1. The van der Waals surface area contributed by atoms with Gasteiger partial charge in [0.15, 0.2) is 0 Å². The van der Waals surface area contributed by atoms with Crippen LogP contribution in [0.2, 0.25) is 0 Å². The third-order valence-corrected chi connectivity index (χ3v) is 2.65. The lowest BCUT2D eigenvalue weighted by Crippen LogP contribution is -2.32. The average Bonchev–Trinajstić information content (AvgIpc) is 2.31. The zero-order valence-electron chi connectivity index (χ0n) is 12.1. The van der Waals surface area contributed by atoms with Crippen molar-refractivity contribution in [3.63, 3.8) is 0 Å². The van der Waals surface area contributed by atoms with Gasteiger partial charge in [-0.1, -0.05) is 19.1 Å². The summed E-state index contributed by atoms with van der Waals surface area (Å²) in [6, 6.07) is 7.75. The maximum Gasteiger partial charge on any atom is 0.320 e. The van der Waals surface area contributed by atoms with Gasteiger partial charge in [-0.15, -0.1) is 0 Å². The number of nitrogen functional groups attached to an aromatic ring is 1. The van der Waals surface area contributed by atoms with Gasteiger partial charge in [0.1, 0.15) is 0 Å². The molecule has 4 nitrogen and oxygen atoms in total. The van der Waals surface area contributed by atoms with E-state index >= 15 is 0 Å². The van der Waals surface area contributed by atoms with Crippen LogP contribution in [0.15, 0.2) is 24.3 Å². The number of hydrogen-bond acceptors (Lipinski definition) is 4. The largest absolute Gasteiger partial charge is 0.462 e. The quantitative estimate of drug-likeness (QED) is 0.607. The Labute approximate surface area is 115 Å². The van der Waals surface area contributed by atoms with Crippen molar-refractivity contribution >= 4 is 11.7 Å². The lowest BCUT2D eigenvalue weighted by Gasteiger charge is -2.21. The van der Waals surface area contributed by atoms with Gasteiger partial charge in [-0.25, -0.2) is 0 Å². The molecule has 0 saturated carbocycles. The Balaban J connectivity index is 2.57. The molecule has 0 aliphatic rings. The Hall–Kier alpha value is -1.55. The van der Waals surface area contributed by atoms with Crippen molar-refractivity contribution in [1.82, 2.24) is 4.90 Å². The molecule has 0 heterocycles. The molecular formula is C15H24N2O2. The van der Waals surface area contributed by atoms with Crippen molar-refractivity contribution in [1.29, 1.82) is 0 Å². The van der Waals surface area contributed by atoms with E-state index in [2.05, 4.69) is 11.8 Å². The third-order valence-electron chi connectivity index (χ3n) is 2.65. The van der Waals surface area contributed by atoms with Crippen molar-refractivity contribution in [2.45, 2.75) is 39.8 Å². The molecule has 0 atom stereocenters. The summed E-state index contributed by atoms with van der Waals surface area (Å²) in [5.41, 5.74) is 7.57. The predicted octanol–water partition coefficient (Wildman–Crippen LogP) is 2.43. The number of esters is 1. The first-order chi connectivity index (χ1) is 9.01. The summed E-state index contributed by atoms with van der Waals surface area (Å²) in [4.78, 5) is 13.8. The fourth-order valence-corrected chi connectivity index (χ4v) is 1.89. The van der Waals surface area contributed by atoms with Gasteiger partial charge in [-0.2, -0.15) is 0 Å². The topological polar surface area (TPSA) is 55.6 Å². The molecule has 0 radical (unpaired) electrons. The highest BCUT2D eigenvalue weighted by molar-refractivity contribution is 5.71. The summed E-state index contributed by atoms with van der Waals surface area (Å²) in [6.45, 7) is 7.77. The second kappa shape index (κ2) is 7.79. The fourth-order valence-electron chi connectivity index (χ4n) is 1.89. The predicted molar refractivity (Wildman–Crippen MR) is 77.7 cm³/mol. The molecule has 0 saturated heterocycles. The molecule has 2 N–H and O–H groups in total. The molecule has 1 rings (SSSR count). The number of carbonyl (C=O) groups is 1. The molecule has 106 valence electrons. The van der Waals surface area contributed by atoms with Crippen LogP contribution in [0.5, 0.6) is 0 Å².